The second-order valence-electron chi connectivity index (χ2n) is 7.82. The van der Waals surface area contributed by atoms with Gasteiger partial charge in [-0.05, 0) is 59.8 Å². The zero-order valence-electron chi connectivity index (χ0n) is 18.2. The van der Waals surface area contributed by atoms with E-state index in [0.717, 1.165) is 12.1 Å². The van der Waals surface area contributed by atoms with Gasteiger partial charge in [0, 0.05) is 17.0 Å². The predicted octanol–water partition coefficient (Wildman–Crippen LogP) is 5.71. The molecule has 5 nitrogen and oxygen atoms in total. The average molecular weight is 487 g/mol. The van der Waals surface area contributed by atoms with Crippen molar-refractivity contribution in [2.45, 2.75) is 25.7 Å². The number of amides is 1. The van der Waals surface area contributed by atoms with Gasteiger partial charge >= 0.3 is 6.18 Å². The van der Waals surface area contributed by atoms with E-state index in [1.807, 2.05) is 0 Å². The number of aliphatic hydroxyl groups excluding tert-OH is 1. The van der Waals surface area contributed by atoms with Crippen molar-refractivity contribution < 1.29 is 32.6 Å². The number of benzene rings is 2. The fraction of sp³-hybridized carbons (Fsp3) is 0.200. The summed E-state index contributed by atoms with van der Waals surface area (Å²) in [5.41, 5.74) is 0.264. The van der Waals surface area contributed by atoms with Crippen molar-refractivity contribution in [3.05, 3.63) is 92.7 Å². The van der Waals surface area contributed by atoms with Crippen LogP contribution in [0.15, 0.2) is 65.6 Å². The summed E-state index contributed by atoms with van der Waals surface area (Å²) in [5.74, 6) is -1.56. The Hall–Kier alpha value is -3.59. The van der Waals surface area contributed by atoms with Crippen LogP contribution in [-0.4, -0.2) is 28.8 Å². The Morgan fingerprint density at radius 1 is 1.12 bits per heavy atom. The molecule has 9 heteroatoms. The van der Waals surface area contributed by atoms with Gasteiger partial charge in [-0.3, -0.25) is 9.59 Å². The maximum Gasteiger partial charge on any atom is 0.416 e. The number of hydrogen-bond donors (Lipinski definition) is 1. The van der Waals surface area contributed by atoms with Crippen LogP contribution in [0, 0.1) is 6.92 Å². The zero-order valence-corrected chi connectivity index (χ0v) is 19.0. The standard InChI is InChI=1S/C25H20F3NO4S/c1-14-11-17(33-2)8-9-18(14)22(30)20-21(19-7-4-10-34-19)29(24(32)23(20)31)13-15-5-3-6-16(12-15)25(26,27)28/h3-12,21,30H,13H2,1-2H3/b22-20-. The van der Waals surface area contributed by atoms with E-state index >= 15 is 0 Å². The highest BCUT2D eigenvalue weighted by Gasteiger charge is 2.46. The number of aliphatic hydroxyl groups is 1. The second-order valence-corrected chi connectivity index (χ2v) is 8.80. The van der Waals surface area contributed by atoms with Gasteiger partial charge in [0.15, 0.2) is 0 Å². The molecule has 1 aliphatic rings. The van der Waals surface area contributed by atoms with Gasteiger partial charge in [0.25, 0.3) is 11.7 Å². The van der Waals surface area contributed by atoms with Gasteiger partial charge in [-0.15, -0.1) is 11.3 Å². The Morgan fingerprint density at radius 2 is 1.88 bits per heavy atom. The summed E-state index contributed by atoms with van der Waals surface area (Å²) >= 11 is 1.28. The first-order valence-electron chi connectivity index (χ1n) is 10.2. The number of halogens is 3. The van der Waals surface area contributed by atoms with Gasteiger partial charge in [0.2, 0.25) is 0 Å². The number of carbonyl (C=O) groups excluding carboxylic acids is 2. The molecule has 3 aromatic rings. The minimum absolute atomic E-state index is 0.104. The molecule has 34 heavy (non-hydrogen) atoms. The van der Waals surface area contributed by atoms with E-state index in [0.29, 0.717) is 21.8 Å². The molecule has 1 aromatic heterocycles. The molecule has 0 bridgehead atoms. The van der Waals surface area contributed by atoms with Crippen molar-refractivity contribution in [3.63, 3.8) is 0 Å². The molecule has 1 unspecified atom stereocenters. The maximum absolute atomic E-state index is 13.2. The van der Waals surface area contributed by atoms with Crippen LogP contribution in [0.4, 0.5) is 13.2 Å². The lowest BCUT2D eigenvalue weighted by Crippen LogP contribution is -2.29. The number of likely N-dealkylation sites (tertiary alicyclic amines) is 1. The van der Waals surface area contributed by atoms with Gasteiger partial charge in [-0.2, -0.15) is 13.2 Å². The van der Waals surface area contributed by atoms with E-state index in [1.165, 1.54) is 35.5 Å². The maximum atomic E-state index is 13.2. The number of thiophene rings is 1. The summed E-state index contributed by atoms with van der Waals surface area (Å²) in [6.07, 6.45) is -4.54. The third kappa shape index (κ3) is 4.31. The summed E-state index contributed by atoms with van der Waals surface area (Å²) in [7, 11) is 1.50. The molecule has 0 aliphatic carbocycles. The minimum atomic E-state index is -4.54. The largest absolute Gasteiger partial charge is 0.507 e. The van der Waals surface area contributed by atoms with Gasteiger partial charge in [-0.25, -0.2) is 0 Å². The summed E-state index contributed by atoms with van der Waals surface area (Å²) < 4.78 is 44.7. The number of alkyl halides is 3. The summed E-state index contributed by atoms with van der Waals surface area (Å²) in [6, 6.07) is 12.1. The molecule has 2 heterocycles. The summed E-state index contributed by atoms with van der Waals surface area (Å²) in [5, 5.41) is 12.9. The van der Waals surface area contributed by atoms with E-state index in [1.54, 1.807) is 42.6 Å². The fourth-order valence-electron chi connectivity index (χ4n) is 4.00. The fourth-order valence-corrected chi connectivity index (χ4v) is 4.85. The van der Waals surface area contributed by atoms with Crippen LogP contribution in [-0.2, 0) is 22.3 Å². The van der Waals surface area contributed by atoms with Crippen LogP contribution in [0.1, 0.15) is 33.2 Å². The van der Waals surface area contributed by atoms with Crippen LogP contribution in [0.5, 0.6) is 5.75 Å². The van der Waals surface area contributed by atoms with E-state index in [-0.39, 0.29) is 23.4 Å². The Balaban J connectivity index is 1.81. The molecule has 1 amide bonds. The van der Waals surface area contributed by atoms with Crippen molar-refractivity contribution in [2.24, 2.45) is 0 Å². The predicted molar refractivity (Wildman–Crippen MR) is 121 cm³/mol. The first kappa shape index (κ1) is 23.6. The average Bonchev–Trinajstić information content (AvgIpc) is 3.41. The Kier molecular flexibility index (Phi) is 6.22. The van der Waals surface area contributed by atoms with E-state index < -0.39 is 29.5 Å². The molecule has 0 radical (unpaired) electrons. The lowest BCUT2D eigenvalue weighted by atomic mass is 9.97. The molecule has 1 fully saturated rings. The number of hydrogen-bond acceptors (Lipinski definition) is 5. The first-order valence-corrected chi connectivity index (χ1v) is 11.1. The molecule has 1 aliphatic heterocycles. The van der Waals surface area contributed by atoms with E-state index in [9.17, 15) is 27.9 Å². The topological polar surface area (TPSA) is 66.8 Å². The Labute approximate surface area is 197 Å². The normalized spacial score (nSPS) is 17.9. The zero-order chi connectivity index (χ0) is 24.6. The molecule has 1 atom stereocenters. The highest BCUT2D eigenvalue weighted by Crippen LogP contribution is 2.42. The molecule has 176 valence electrons. The number of methoxy groups -OCH3 is 1. The smallest absolute Gasteiger partial charge is 0.416 e. The Morgan fingerprint density at radius 3 is 2.50 bits per heavy atom. The number of ether oxygens (including phenoxy) is 1. The molecule has 0 saturated carbocycles. The van der Waals surface area contributed by atoms with Crippen LogP contribution in [0.2, 0.25) is 0 Å². The van der Waals surface area contributed by atoms with Crippen molar-refractivity contribution >= 4 is 28.8 Å². The van der Waals surface area contributed by atoms with Gasteiger partial charge in [0.1, 0.15) is 11.5 Å². The van der Waals surface area contributed by atoms with Crippen molar-refractivity contribution in [1.29, 1.82) is 0 Å². The van der Waals surface area contributed by atoms with Crippen LogP contribution in [0.25, 0.3) is 5.76 Å². The van der Waals surface area contributed by atoms with Crippen molar-refractivity contribution in [3.8, 4) is 5.75 Å². The number of ketones is 1. The quantitative estimate of drug-likeness (QED) is 0.285. The van der Waals surface area contributed by atoms with Crippen LogP contribution in [0.3, 0.4) is 0 Å². The highest BCUT2D eigenvalue weighted by molar-refractivity contribution is 7.10. The number of Topliss-reactive ketones (excluding diaryl/α,β-unsaturated/α-hetero) is 1. The van der Waals surface area contributed by atoms with Gasteiger partial charge < -0.3 is 14.7 Å². The lowest BCUT2D eigenvalue weighted by molar-refractivity contribution is -0.140. The lowest BCUT2D eigenvalue weighted by Gasteiger charge is -2.24. The van der Waals surface area contributed by atoms with Crippen molar-refractivity contribution in [1.82, 2.24) is 4.90 Å². The molecular weight excluding hydrogens is 467 g/mol. The van der Waals surface area contributed by atoms with E-state index in [4.69, 9.17) is 4.74 Å². The minimum Gasteiger partial charge on any atom is -0.507 e. The number of carbonyl (C=O) groups is 2. The number of aryl methyl sites for hydroxylation is 1. The molecule has 1 saturated heterocycles. The van der Waals surface area contributed by atoms with Crippen LogP contribution >= 0.6 is 11.3 Å². The molecule has 0 spiro atoms. The van der Waals surface area contributed by atoms with Gasteiger partial charge in [-0.1, -0.05) is 18.2 Å². The van der Waals surface area contributed by atoms with Gasteiger partial charge in [0.05, 0.1) is 24.3 Å². The van der Waals surface area contributed by atoms with Crippen molar-refractivity contribution in [2.75, 3.05) is 7.11 Å². The second kappa shape index (κ2) is 8.98. The third-order valence-corrected chi connectivity index (χ3v) is 6.57. The highest BCUT2D eigenvalue weighted by atomic mass is 32.1. The number of nitrogens with zero attached hydrogens (tertiary/aromatic N) is 1. The molecular formula is C25H20F3NO4S. The summed E-state index contributed by atoms with van der Waals surface area (Å²) in [6.45, 7) is 1.51. The van der Waals surface area contributed by atoms with Crippen LogP contribution < -0.4 is 4.74 Å². The number of rotatable bonds is 5. The SMILES string of the molecule is COc1ccc(/C(O)=C2/C(=O)C(=O)N(Cc3cccc(C(F)(F)F)c3)C2c2cccs2)c(C)c1. The molecule has 2 aromatic carbocycles. The third-order valence-electron chi connectivity index (χ3n) is 5.65. The monoisotopic (exact) mass is 487 g/mol. The first-order chi connectivity index (χ1) is 16.1. The molecule has 4 rings (SSSR count). The Bertz CT molecular complexity index is 1280. The summed E-state index contributed by atoms with van der Waals surface area (Å²) in [4.78, 5) is 27.9. The van der Waals surface area contributed by atoms with E-state index in [2.05, 4.69) is 0 Å². The molecule has 1 N–H and O–H groups in total.